The first-order valence-electron chi connectivity index (χ1n) is 3.21. The Hall–Kier alpha value is -1.45. The minimum atomic E-state index is -0.860. The maximum Gasteiger partial charge on any atom is 0.326 e. The van der Waals surface area contributed by atoms with Crippen LogP contribution in [0.2, 0.25) is 0 Å². The molecule has 1 aliphatic heterocycles. The number of carboxylic acid groups (broad SMARTS) is 1. The first kappa shape index (κ1) is 7.65. The molecule has 0 amide bonds. The van der Waals surface area contributed by atoms with E-state index >= 15 is 0 Å². The molecule has 0 aromatic rings. The van der Waals surface area contributed by atoms with Gasteiger partial charge in [-0.2, -0.15) is 0 Å². The maximum absolute atomic E-state index is 10.4. The molecule has 1 rings (SSSR count). The molecule has 60 valence electrons. The smallest absolute Gasteiger partial charge is 0.326 e. The van der Waals surface area contributed by atoms with Gasteiger partial charge >= 0.3 is 5.97 Å². The number of hydrogen-bond acceptors (Lipinski definition) is 3. The third-order valence-electron chi connectivity index (χ3n) is 1.43. The van der Waals surface area contributed by atoms with Gasteiger partial charge in [-0.05, 0) is 6.92 Å². The SMILES string of the molecule is CC(C(=O)O)N1C=COC=C1. The average Bonchev–Trinajstić information content (AvgIpc) is 2.05. The highest BCUT2D eigenvalue weighted by atomic mass is 16.5. The van der Waals surface area contributed by atoms with Gasteiger partial charge in [0.25, 0.3) is 0 Å². The summed E-state index contributed by atoms with van der Waals surface area (Å²) in [5.41, 5.74) is 0. The number of carboxylic acids is 1. The molecule has 0 spiro atoms. The van der Waals surface area contributed by atoms with Crippen molar-refractivity contribution in [3.8, 4) is 0 Å². The van der Waals surface area contributed by atoms with Crippen LogP contribution in [-0.4, -0.2) is 22.0 Å². The van der Waals surface area contributed by atoms with Crippen molar-refractivity contribution in [1.82, 2.24) is 4.90 Å². The van der Waals surface area contributed by atoms with E-state index in [1.165, 1.54) is 12.5 Å². The number of aliphatic carboxylic acids is 1. The third kappa shape index (κ3) is 1.73. The van der Waals surface area contributed by atoms with E-state index in [9.17, 15) is 4.79 Å². The normalized spacial score (nSPS) is 17.7. The second kappa shape index (κ2) is 3.09. The zero-order valence-corrected chi connectivity index (χ0v) is 6.10. The van der Waals surface area contributed by atoms with Crippen LogP contribution < -0.4 is 0 Å². The Kier molecular flexibility index (Phi) is 2.15. The van der Waals surface area contributed by atoms with E-state index in [1.807, 2.05) is 0 Å². The zero-order valence-electron chi connectivity index (χ0n) is 6.10. The molecule has 4 nitrogen and oxygen atoms in total. The number of rotatable bonds is 2. The largest absolute Gasteiger partial charge is 0.480 e. The number of ether oxygens (including phenoxy) is 1. The van der Waals surface area contributed by atoms with Gasteiger partial charge in [0.1, 0.15) is 18.6 Å². The van der Waals surface area contributed by atoms with Crippen molar-refractivity contribution in [2.24, 2.45) is 0 Å². The van der Waals surface area contributed by atoms with Gasteiger partial charge in [-0.15, -0.1) is 0 Å². The summed E-state index contributed by atoms with van der Waals surface area (Å²) in [5.74, 6) is -0.860. The average molecular weight is 155 g/mol. The van der Waals surface area contributed by atoms with E-state index in [-0.39, 0.29) is 0 Å². The molecule has 0 fully saturated rings. The quantitative estimate of drug-likeness (QED) is 0.638. The van der Waals surface area contributed by atoms with Crippen LogP contribution in [0.3, 0.4) is 0 Å². The third-order valence-corrected chi connectivity index (χ3v) is 1.43. The second-order valence-corrected chi connectivity index (χ2v) is 2.17. The van der Waals surface area contributed by atoms with Crippen LogP contribution >= 0.6 is 0 Å². The van der Waals surface area contributed by atoms with E-state index in [0.29, 0.717) is 0 Å². The topological polar surface area (TPSA) is 49.8 Å². The Morgan fingerprint density at radius 2 is 2.09 bits per heavy atom. The Morgan fingerprint density at radius 3 is 2.55 bits per heavy atom. The number of carbonyl (C=O) groups is 1. The summed E-state index contributed by atoms with van der Waals surface area (Å²) < 4.78 is 4.73. The molecular weight excluding hydrogens is 146 g/mol. The highest BCUT2D eigenvalue weighted by Crippen LogP contribution is 2.05. The Morgan fingerprint density at radius 1 is 1.55 bits per heavy atom. The van der Waals surface area contributed by atoms with Gasteiger partial charge in [-0.3, -0.25) is 0 Å². The second-order valence-electron chi connectivity index (χ2n) is 2.17. The number of hydrogen-bond donors (Lipinski definition) is 1. The van der Waals surface area contributed by atoms with Gasteiger partial charge in [0, 0.05) is 12.4 Å². The predicted molar refractivity (Wildman–Crippen MR) is 38.3 cm³/mol. The van der Waals surface area contributed by atoms with Crippen LogP contribution in [0.25, 0.3) is 0 Å². The fraction of sp³-hybridized carbons (Fsp3) is 0.286. The van der Waals surface area contributed by atoms with Crippen molar-refractivity contribution in [2.45, 2.75) is 13.0 Å². The molecule has 0 aliphatic carbocycles. The number of nitrogens with zero attached hydrogens (tertiary/aromatic N) is 1. The molecule has 1 atom stereocenters. The van der Waals surface area contributed by atoms with Crippen molar-refractivity contribution in [3.05, 3.63) is 24.9 Å². The molecule has 4 heteroatoms. The van der Waals surface area contributed by atoms with E-state index in [1.54, 1.807) is 24.2 Å². The molecule has 0 aromatic heterocycles. The zero-order chi connectivity index (χ0) is 8.27. The van der Waals surface area contributed by atoms with Crippen molar-refractivity contribution in [2.75, 3.05) is 0 Å². The van der Waals surface area contributed by atoms with E-state index in [4.69, 9.17) is 9.84 Å². The van der Waals surface area contributed by atoms with Crippen LogP contribution in [-0.2, 0) is 9.53 Å². The molecule has 11 heavy (non-hydrogen) atoms. The lowest BCUT2D eigenvalue weighted by atomic mass is 10.3. The van der Waals surface area contributed by atoms with Crippen molar-refractivity contribution in [3.63, 3.8) is 0 Å². The van der Waals surface area contributed by atoms with Gasteiger partial charge in [-0.25, -0.2) is 4.79 Å². The lowest BCUT2D eigenvalue weighted by Gasteiger charge is -2.21. The lowest BCUT2D eigenvalue weighted by molar-refractivity contribution is -0.140. The summed E-state index contributed by atoms with van der Waals surface area (Å²) in [4.78, 5) is 12.0. The summed E-state index contributed by atoms with van der Waals surface area (Å²) in [7, 11) is 0. The van der Waals surface area contributed by atoms with Gasteiger partial charge in [0.15, 0.2) is 0 Å². The predicted octanol–water partition coefficient (Wildman–Crippen LogP) is 0.734. The molecule has 1 heterocycles. The summed E-state index contributed by atoms with van der Waals surface area (Å²) >= 11 is 0. The minimum Gasteiger partial charge on any atom is -0.480 e. The fourth-order valence-corrected chi connectivity index (χ4v) is 0.692. The van der Waals surface area contributed by atoms with E-state index < -0.39 is 12.0 Å². The van der Waals surface area contributed by atoms with Crippen LogP contribution in [0.5, 0.6) is 0 Å². The molecular formula is C7H9NO3. The summed E-state index contributed by atoms with van der Waals surface area (Å²) in [6.07, 6.45) is 6.00. The Balaban J connectivity index is 2.59. The minimum absolute atomic E-state index is 0.550. The molecule has 0 bridgehead atoms. The van der Waals surface area contributed by atoms with Gasteiger partial charge in [0.2, 0.25) is 0 Å². The highest BCUT2D eigenvalue weighted by Gasteiger charge is 2.16. The van der Waals surface area contributed by atoms with Crippen molar-refractivity contribution >= 4 is 5.97 Å². The molecule has 0 saturated carbocycles. The van der Waals surface area contributed by atoms with Crippen LogP contribution in [0.15, 0.2) is 24.9 Å². The summed E-state index contributed by atoms with van der Waals surface area (Å²) in [6.45, 7) is 1.60. The first-order chi connectivity index (χ1) is 5.22. The Labute approximate surface area is 64.4 Å². The lowest BCUT2D eigenvalue weighted by Crippen LogP contribution is -2.31. The van der Waals surface area contributed by atoms with E-state index in [2.05, 4.69) is 0 Å². The molecule has 1 aliphatic rings. The van der Waals surface area contributed by atoms with Crippen molar-refractivity contribution < 1.29 is 14.6 Å². The molecule has 1 N–H and O–H groups in total. The van der Waals surface area contributed by atoms with Crippen molar-refractivity contribution in [1.29, 1.82) is 0 Å². The van der Waals surface area contributed by atoms with Gasteiger partial charge in [0.05, 0.1) is 0 Å². The Bertz CT molecular complexity index is 198. The molecule has 0 saturated heterocycles. The van der Waals surface area contributed by atoms with E-state index in [0.717, 1.165) is 0 Å². The molecule has 0 aromatic carbocycles. The first-order valence-corrected chi connectivity index (χ1v) is 3.21. The highest BCUT2D eigenvalue weighted by molar-refractivity contribution is 5.73. The van der Waals surface area contributed by atoms with Gasteiger partial charge < -0.3 is 14.7 Å². The monoisotopic (exact) mass is 155 g/mol. The molecule has 1 unspecified atom stereocenters. The van der Waals surface area contributed by atoms with Gasteiger partial charge in [-0.1, -0.05) is 0 Å². The van der Waals surface area contributed by atoms with Crippen LogP contribution in [0.1, 0.15) is 6.92 Å². The summed E-state index contributed by atoms with van der Waals surface area (Å²) in [5, 5.41) is 8.58. The summed E-state index contributed by atoms with van der Waals surface area (Å²) in [6, 6.07) is -0.550. The molecule has 0 radical (unpaired) electrons. The maximum atomic E-state index is 10.4. The fourth-order valence-electron chi connectivity index (χ4n) is 0.692. The van der Waals surface area contributed by atoms with Crippen LogP contribution in [0.4, 0.5) is 0 Å². The van der Waals surface area contributed by atoms with Crippen LogP contribution in [0, 0.1) is 0 Å². The standard InChI is InChI=1S/C7H9NO3/c1-6(7(9)10)8-2-4-11-5-3-8/h2-6H,1H3,(H,9,10).